The molecule has 0 fully saturated rings. The number of carbonyl (C=O) groups is 1. The van der Waals surface area contributed by atoms with E-state index in [1.807, 2.05) is 24.3 Å². The average molecular weight is 302 g/mol. The summed E-state index contributed by atoms with van der Waals surface area (Å²) in [7, 11) is 0. The average Bonchev–Trinajstić information content (AvgIpc) is 2.45. The standard InChI is InChI=1S/C18H19FOS/c1-18(2,3)14-6-4-13(5-7-14)17(20)12-21-16-10-8-15(19)9-11-16/h4-11H,12H2,1-3H3. The van der Waals surface area contributed by atoms with Crippen molar-refractivity contribution in [2.45, 2.75) is 31.1 Å². The van der Waals surface area contributed by atoms with Crippen molar-refractivity contribution in [1.29, 1.82) is 0 Å². The molecule has 0 unspecified atom stereocenters. The Kier molecular flexibility index (Phi) is 4.84. The maximum atomic E-state index is 12.8. The van der Waals surface area contributed by atoms with Crippen molar-refractivity contribution in [3.63, 3.8) is 0 Å². The van der Waals surface area contributed by atoms with Crippen LogP contribution in [0.4, 0.5) is 4.39 Å². The SMILES string of the molecule is CC(C)(C)c1ccc(C(=O)CSc2ccc(F)cc2)cc1. The van der Waals surface area contributed by atoms with Crippen LogP contribution >= 0.6 is 11.8 Å². The predicted octanol–water partition coefficient (Wildman–Crippen LogP) is 5.10. The second kappa shape index (κ2) is 6.44. The van der Waals surface area contributed by atoms with Gasteiger partial charge in [0.25, 0.3) is 0 Å². The molecule has 110 valence electrons. The van der Waals surface area contributed by atoms with Gasteiger partial charge in [-0.25, -0.2) is 4.39 Å². The first-order valence-corrected chi connectivity index (χ1v) is 7.87. The number of rotatable bonds is 4. The van der Waals surface area contributed by atoms with E-state index in [1.54, 1.807) is 12.1 Å². The molecule has 0 aliphatic heterocycles. The Morgan fingerprint density at radius 3 is 2.10 bits per heavy atom. The molecule has 1 nitrogen and oxygen atoms in total. The first kappa shape index (κ1) is 15.8. The van der Waals surface area contributed by atoms with E-state index >= 15 is 0 Å². The third kappa shape index (κ3) is 4.43. The quantitative estimate of drug-likeness (QED) is 0.577. The molecular weight excluding hydrogens is 283 g/mol. The van der Waals surface area contributed by atoms with Crippen molar-refractivity contribution in [1.82, 2.24) is 0 Å². The fourth-order valence-electron chi connectivity index (χ4n) is 1.92. The van der Waals surface area contributed by atoms with Gasteiger partial charge in [-0.05, 0) is 35.2 Å². The molecule has 0 radical (unpaired) electrons. The highest BCUT2D eigenvalue weighted by molar-refractivity contribution is 8.00. The third-order valence-electron chi connectivity index (χ3n) is 3.26. The van der Waals surface area contributed by atoms with Gasteiger partial charge >= 0.3 is 0 Å². The van der Waals surface area contributed by atoms with Gasteiger partial charge in [0.05, 0.1) is 5.75 Å². The zero-order valence-electron chi connectivity index (χ0n) is 12.5. The van der Waals surface area contributed by atoms with Crippen LogP contribution in [0.1, 0.15) is 36.7 Å². The molecule has 0 aromatic heterocycles. The fourth-order valence-corrected chi connectivity index (χ4v) is 2.71. The van der Waals surface area contributed by atoms with Crippen LogP contribution in [0, 0.1) is 5.82 Å². The smallest absolute Gasteiger partial charge is 0.173 e. The highest BCUT2D eigenvalue weighted by Crippen LogP contribution is 2.23. The Morgan fingerprint density at radius 1 is 1.00 bits per heavy atom. The van der Waals surface area contributed by atoms with E-state index in [1.165, 1.54) is 29.5 Å². The minimum absolute atomic E-state index is 0.0877. The number of Topliss-reactive ketones (excluding diaryl/α,β-unsaturated/α-hetero) is 1. The molecule has 2 rings (SSSR count). The molecule has 0 saturated heterocycles. The zero-order chi connectivity index (χ0) is 15.5. The highest BCUT2D eigenvalue weighted by atomic mass is 32.2. The number of ketones is 1. The maximum absolute atomic E-state index is 12.8. The summed E-state index contributed by atoms with van der Waals surface area (Å²) in [6.45, 7) is 6.44. The number of hydrogen-bond acceptors (Lipinski definition) is 2. The Balaban J connectivity index is 1.99. The molecule has 2 aromatic rings. The second-order valence-corrected chi connectivity index (χ2v) is 7.04. The Hall–Kier alpha value is -1.61. The van der Waals surface area contributed by atoms with Crippen LogP contribution in [-0.2, 0) is 5.41 Å². The van der Waals surface area contributed by atoms with E-state index in [0.29, 0.717) is 5.75 Å². The molecule has 0 bridgehead atoms. The number of halogens is 1. The summed E-state index contributed by atoms with van der Waals surface area (Å²) in [5.41, 5.74) is 2.02. The summed E-state index contributed by atoms with van der Waals surface area (Å²) in [5.74, 6) is 0.189. The predicted molar refractivity (Wildman–Crippen MR) is 86.6 cm³/mol. The Morgan fingerprint density at radius 2 is 1.57 bits per heavy atom. The van der Waals surface area contributed by atoms with Crippen LogP contribution in [0.2, 0.25) is 0 Å². The summed E-state index contributed by atoms with van der Waals surface area (Å²) in [5, 5.41) is 0. The molecule has 0 spiro atoms. The van der Waals surface area contributed by atoms with Gasteiger partial charge < -0.3 is 0 Å². The summed E-state index contributed by atoms with van der Waals surface area (Å²) in [6.07, 6.45) is 0. The van der Waals surface area contributed by atoms with Crippen LogP contribution < -0.4 is 0 Å². The van der Waals surface area contributed by atoms with Gasteiger partial charge in [-0.2, -0.15) is 0 Å². The topological polar surface area (TPSA) is 17.1 Å². The summed E-state index contributed by atoms with van der Waals surface area (Å²) >= 11 is 1.43. The molecule has 0 saturated carbocycles. The molecule has 2 aromatic carbocycles. The first-order valence-electron chi connectivity index (χ1n) is 6.88. The van der Waals surface area contributed by atoms with Gasteiger partial charge in [-0.3, -0.25) is 4.79 Å². The maximum Gasteiger partial charge on any atom is 0.173 e. The lowest BCUT2D eigenvalue weighted by atomic mass is 9.86. The number of hydrogen-bond donors (Lipinski definition) is 0. The van der Waals surface area contributed by atoms with Gasteiger partial charge in [0.15, 0.2) is 5.78 Å². The lowest BCUT2D eigenvalue weighted by Gasteiger charge is -2.18. The molecule has 0 aliphatic rings. The van der Waals surface area contributed by atoms with E-state index in [0.717, 1.165) is 10.5 Å². The van der Waals surface area contributed by atoms with Gasteiger partial charge in [-0.15, -0.1) is 11.8 Å². The summed E-state index contributed by atoms with van der Waals surface area (Å²) in [6, 6.07) is 14.0. The van der Waals surface area contributed by atoms with Crippen LogP contribution in [0.5, 0.6) is 0 Å². The van der Waals surface area contributed by atoms with E-state index in [4.69, 9.17) is 0 Å². The van der Waals surface area contributed by atoms with Crippen LogP contribution in [0.3, 0.4) is 0 Å². The summed E-state index contributed by atoms with van der Waals surface area (Å²) < 4.78 is 12.8. The van der Waals surface area contributed by atoms with Gasteiger partial charge in [0.1, 0.15) is 5.82 Å². The van der Waals surface area contributed by atoms with Crippen molar-refractivity contribution in [2.24, 2.45) is 0 Å². The van der Waals surface area contributed by atoms with E-state index in [9.17, 15) is 9.18 Å². The van der Waals surface area contributed by atoms with Gasteiger partial charge in [-0.1, -0.05) is 45.0 Å². The Labute approximate surface area is 129 Å². The van der Waals surface area contributed by atoms with Crippen molar-refractivity contribution in [2.75, 3.05) is 5.75 Å². The van der Waals surface area contributed by atoms with Crippen molar-refractivity contribution >= 4 is 17.5 Å². The second-order valence-electron chi connectivity index (χ2n) is 5.99. The van der Waals surface area contributed by atoms with Crippen molar-refractivity contribution < 1.29 is 9.18 Å². The van der Waals surface area contributed by atoms with Crippen LogP contribution in [0.15, 0.2) is 53.4 Å². The minimum Gasteiger partial charge on any atom is -0.293 e. The van der Waals surface area contributed by atoms with Crippen molar-refractivity contribution in [3.05, 3.63) is 65.5 Å². The highest BCUT2D eigenvalue weighted by Gasteiger charge is 2.14. The molecule has 0 aliphatic carbocycles. The minimum atomic E-state index is -0.261. The van der Waals surface area contributed by atoms with Gasteiger partial charge in [0, 0.05) is 10.5 Å². The molecular formula is C18H19FOS. The number of benzene rings is 2. The molecule has 0 amide bonds. The summed E-state index contributed by atoms with van der Waals surface area (Å²) in [4.78, 5) is 13.1. The Bertz CT molecular complexity index is 609. The van der Waals surface area contributed by atoms with Crippen molar-refractivity contribution in [3.8, 4) is 0 Å². The van der Waals surface area contributed by atoms with Gasteiger partial charge in [0.2, 0.25) is 0 Å². The normalized spacial score (nSPS) is 11.4. The lowest BCUT2D eigenvalue weighted by Crippen LogP contribution is -2.11. The number of thioether (sulfide) groups is 1. The molecule has 0 heterocycles. The first-order chi connectivity index (χ1) is 9.86. The van der Waals surface area contributed by atoms with E-state index < -0.39 is 0 Å². The lowest BCUT2D eigenvalue weighted by molar-refractivity contribution is 0.102. The monoisotopic (exact) mass is 302 g/mol. The molecule has 0 N–H and O–H groups in total. The molecule has 21 heavy (non-hydrogen) atoms. The van der Waals surface area contributed by atoms with Crippen LogP contribution in [-0.4, -0.2) is 11.5 Å². The number of carbonyl (C=O) groups excluding carboxylic acids is 1. The largest absolute Gasteiger partial charge is 0.293 e. The van der Waals surface area contributed by atoms with E-state index in [-0.39, 0.29) is 17.0 Å². The fraction of sp³-hybridized carbons (Fsp3) is 0.278. The molecule has 3 heteroatoms. The van der Waals surface area contributed by atoms with E-state index in [2.05, 4.69) is 20.8 Å². The zero-order valence-corrected chi connectivity index (χ0v) is 13.3. The molecule has 0 atom stereocenters. The van der Waals surface area contributed by atoms with Crippen LogP contribution in [0.25, 0.3) is 0 Å². The third-order valence-corrected chi connectivity index (χ3v) is 4.27.